The number of nitrogens with zero attached hydrogens (tertiary/aromatic N) is 1. The molecule has 1 aromatic rings. The number of benzene rings is 1. The lowest BCUT2D eigenvalue weighted by Crippen LogP contribution is -2.44. The molecule has 1 atom stereocenters. The molecule has 0 saturated carbocycles. The molecular formula is C13H15ClN2O2. The predicted molar refractivity (Wildman–Crippen MR) is 70.6 cm³/mol. The lowest BCUT2D eigenvalue weighted by atomic mass is 10.2. The molecule has 1 N–H and O–H groups in total. The van der Waals surface area contributed by atoms with E-state index in [1.807, 2.05) is 13.0 Å². The molecule has 1 heterocycles. The van der Waals surface area contributed by atoms with E-state index in [4.69, 9.17) is 11.6 Å². The van der Waals surface area contributed by atoms with Crippen molar-refractivity contribution in [2.75, 3.05) is 11.4 Å². The van der Waals surface area contributed by atoms with Crippen molar-refractivity contribution in [2.45, 2.75) is 25.8 Å². The van der Waals surface area contributed by atoms with Crippen molar-refractivity contribution >= 4 is 29.1 Å². The third-order valence-corrected chi connectivity index (χ3v) is 3.23. The van der Waals surface area contributed by atoms with E-state index in [1.54, 1.807) is 23.1 Å². The van der Waals surface area contributed by atoms with Crippen molar-refractivity contribution < 1.29 is 9.59 Å². The molecule has 1 aliphatic rings. The zero-order chi connectivity index (χ0) is 13.1. The highest BCUT2D eigenvalue weighted by molar-refractivity contribution is 6.30. The summed E-state index contributed by atoms with van der Waals surface area (Å²) in [5.41, 5.74) is 0.738. The van der Waals surface area contributed by atoms with Crippen molar-refractivity contribution in [1.29, 1.82) is 0 Å². The molecule has 2 amide bonds. The SMILES string of the molecule is CCC1NC(=O)CCN(c2cccc(Cl)c2)C1=O. The monoisotopic (exact) mass is 266 g/mol. The van der Waals surface area contributed by atoms with Gasteiger partial charge >= 0.3 is 0 Å². The number of hydrogen-bond donors (Lipinski definition) is 1. The van der Waals surface area contributed by atoms with Crippen molar-refractivity contribution in [2.24, 2.45) is 0 Å². The number of halogens is 1. The summed E-state index contributed by atoms with van der Waals surface area (Å²) in [5.74, 6) is -0.162. The van der Waals surface area contributed by atoms with Crippen LogP contribution in [0.15, 0.2) is 24.3 Å². The Balaban J connectivity index is 2.30. The molecule has 0 aliphatic carbocycles. The van der Waals surface area contributed by atoms with E-state index in [0.717, 1.165) is 5.69 Å². The molecule has 18 heavy (non-hydrogen) atoms. The quantitative estimate of drug-likeness (QED) is 0.890. The van der Waals surface area contributed by atoms with E-state index in [1.165, 1.54) is 0 Å². The Hall–Kier alpha value is -1.55. The maximum absolute atomic E-state index is 12.3. The van der Waals surface area contributed by atoms with Gasteiger partial charge in [0.15, 0.2) is 0 Å². The lowest BCUT2D eigenvalue weighted by Gasteiger charge is -2.23. The van der Waals surface area contributed by atoms with E-state index >= 15 is 0 Å². The lowest BCUT2D eigenvalue weighted by molar-refractivity contribution is -0.125. The largest absolute Gasteiger partial charge is 0.344 e. The number of hydrogen-bond acceptors (Lipinski definition) is 2. The molecule has 0 spiro atoms. The Morgan fingerprint density at radius 2 is 2.22 bits per heavy atom. The third-order valence-electron chi connectivity index (χ3n) is 2.99. The van der Waals surface area contributed by atoms with Crippen molar-refractivity contribution in [3.8, 4) is 0 Å². The van der Waals surface area contributed by atoms with Crippen LogP contribution < -0.4 is 10.2 Å². The third kappa shape index (κ3) is 2.64. The number of nitrogens with one attached hydrogen (secondary N) is 1. The average Bonchev–Trinajstić information content (AvgIpc) is 2.49. The fourth-order valence-corrected chi connectivity index (χ4v) is 2.20. The first-order valence-corrected chi connectivity index (χ1v) is 6.36. The zero-order valence-electron chi connectivity index (χ0n) is 10.1. The van der Waals surface area contributed by atoms with Crippen LogP contribution in [-0.4, -0.2) is 24.4 Å². The molecule has 4 nitrogen and oxygen atoms in total. The first kappa shape index (κ1) is 12.9. The van der Waals surface area contributed by atoms with Crippen LogP contribution in [0.25, 0.3) is 0 Å². The molecule has 1 fully saturated rings. The zero-order valence-corrected chi connectivity index (χ0v) is 10.9. The summed E-state index contributed by atoms with van der Waals surface area (Å²) < 4.78 is 0. The van der Waals surface area contributed by atoms with Gasteiger partial charge in [0.25, 0.3) is 0 Å². The van der Waals surface area contributed by atoms with Gasteiger partial charge in [-0.25, -0.2) is 0 Å². The van der Waals surface area contributed by atoms with Gasteiger partial charge in [-0.05, 0) is 24.6 Å². The highest BCUT2D eigenvalue weighted by atomic mass is 35.5. The molecule has 0 bridgehead atoms. The Bertz CT molecular complexity index is 476. The number of anilines is 1. The van der Waals surface area contributed by atoms with Gasteiger partial charge in [0.05, 0.1) is 0 Å². The average molecular weight is 267 g/mol. The minimum absolute atomic E-state index is 0.0781. The van der Waals surface area contributed by atoms with E-state index in [-0.39, 0.29) is 11.8 Å². The summed E-state index contributed by atoms with van der Waals surface area (Å²) in [6, 6.07) is 6.67. The summed E-state index contributed by atoms with van der Waals surface area (Å²) in [4.78, 5) is 25.5. The highest BCUT2D eigenvalue weighted by Gasteiger charge is 2.29. The first-order valence-electron chi connectivity index (χ1n) is 5.98. The highest BCUT2D eigenvalue weighted by Crippen LogP contribution is 2.22. The Morgan fingerprint density at radius 3 is 2.89 bits per heavy atom. The van der Waals surface area contributed by atoms with E-state index < -0.39 is 6.04 Å². The van der Waals surface area contributed by atoms with E-state index in [9.17, 15) is 9.59 Å². The number of rotatable bonds is 2. The molecule has 2 rings (SSSR count). The van der Waals surface area contributed by atoms with Crippen LogP contribution in [-0.2, 0) is 9.59 Å². The van der Waals surface area contributed by atoms with Crippen LogP contribution in [0.1, 0.15) is 19.8 Å². The normalized spacial score (nSPS) is 20.6. The molecular weight excluding hydrogens is 252 g/mol. The molecule has 1 aliphatic heterocycles. The van der Waals surface area contributed by atoms with Crippen LogP contribution in [0.5, 0.6) is 0 Å². The van der Waals surface area contributed by atoms with Gasteiger partial charge in [-0.2, -0.15) is 0 Å². The van der Waals surface area contributed by atoms with Gasteiger partial charge in [-0.1, -0.05) is 24.6 Å². The number of carbonyl (C=O) groups is 2. The minimum atomic E-state index is -0.445. The molecule has 1 aromatic carbocycles. The fraction of sp³-hybridized carbons (Fsp3) is 0.385. The second-order valence-corrected chi connectivity index (χ2v) is 4.68. The van der Waals surface area contributed by atoms with Gasteiger partial charge < -0.3 is 10.2 Å². The minimum Gasteiger partial charge on any atom is -0.344 e. The second-order valence-electron chi connectivity index (χ2n) is 4.25. The molecule has 0 aromatic heterocycles. The van der Waals surface area contributed by atoms with Crippen LogP contribution in [0, 0.1) is 0 Å². The van der Waals surface area contributed by atoms with Gasteiger partial charge in [0, 0.05) is 23.7 Å². The van der Waals surface area contributed by atoms with Gasteiger partial charge in [-0.3, -0.25) is 9.59 Å². The van der Waals surface area contributed by atoms with Gasteiger partial charge in [-0.15, -0.1) is 0 Å². The molecule has 1 saturated heterocycles. The Morgan fingerprint density at radius 1 is 1.44 bits per heavy atom. The molecule has 5 heteroatoms. The summed E-state index contributed by atoms with van der Waals surface area (Å²) in [7, 11) is 0. The summed E-state index contributed by atoms with van der Waals surface area (Å²) >= 11 is 5.93. The van der Waals surface area contributed by atoms with Crippen LogP contribution in [0.2, 0.25) is 5.02 Å². The van der Waals surface area contributed by atoms with Gasteiger partial charge in [0.1, 0.15) is 6.04 Å². The maximum atomic E-state index is 12.3. The summed E-state index contributed by atoms with van der Waals surface area (Å²) in [6.45, 7) is 2.27. The topological polar surface area (TPSA) is 49.4 Å². The number of carbonyl (C=O) groups excluding carboxylic acids is 2. The fourth-order valence-electron chi connectivity index (χ4n) is 2.02. The van der Waals surface area contributed by atoms with Crippen molar-refractivity contribution in [1.82, 2.24) is 5.32 Å². The Kier molecular flexibility index (Phi) is 3.87. The molecule has 1 unspecified atom stereocenters. The van der Waals surface area contributed by atoms with Crippen LogP contribution in [0.3, 0.4) is 0 Å². The molecule has 0 radical (unpaired) electrons. The first-order chi connectivity index (χ1) is 8.61. The summed E-state index contributed by atoms with van der Waals surface area (Å²) in [5, 5.41) is 3.31. The Labute approximate surface area is 111 Å². The second kappa shape index (κ2) is 5.40. The predicted octanol–water partition coefficient (Wildman–Crippen LogP) is 1.97. The van der Waals surface area contributed by atoms with Gasteiger partial charge in [0.2, 0.25) is 11.8 Å². The summed E-state index contributed by atoms with van der Waals surface area (Å²) in [6.07, 6.45) is 0.899. The van der Waals surface area contributed by atoms with Crippen LogP contribution >= 0.6 is 11.6 Å². The van der Waals surface area contributed by atoms with Crippen LogP contribution in [0.4, 0.5) is 5.69 Å². The smallest absolute Gasteiger partial charge is 0.249 e. The number of amides is 2. The van der Waals surface area contributed by atoms with Crippen molar-refractivity contribution in [3.63, 3.8) is 0 Å². The standard InChI is InChI=1S/C13H15ClN2O2/c1-2-11-13(18)16(7-6-12(17)15-11)10-5-3-4-9(14)8-10/h3-5,8,11H,2,6-7H2,1H3,(H,15,17). The van der Waals surface area contributed by atoms with Crippen molar-refractivity contribution in [3.05, 3.63) is 29.3 Å². The molecule has 96 valence electrons. The van der Waals surface area contributed by atoms with E-state index in [0.29, 0.717) is 24.4 Å². The van der Waals surface area contributed by atoms with E-state index in [2.05, 4.69) is 5.32 Å². The maximum Gasteiger partial charge on any atom is 0.249 e.